The van der Waals surface area contributed by atoms with Crippen LogP contribution in [-0.2, 0) is 17.5 Å². The van der Waals surface area contributed by atoms with Gasteiger partial charge in [-0.15, -0.1) is 0 Å². The minimum absolute atomic E-state index is 0.312. The summed E-state index contributed by atoms with van der Waals surface area (Å²) < 4.78 is 6.95. The first-order valence-corrected chi connectivity index (χ1v) is 6.67. The van der Waals surface area contributed by atoms with Gasteiger partial charge in [-0.3, -0.25) is 4.68 Å². The van der Waals surface area contributed by atoms with Gasteiger partial charge in [-0.2, -0.15) is 16.9 Å². The molecule has 1 aliphatic rings. The first kappa shape index (κ1) is 12.4. The lowest BCUT2D eigenvalue weighted by Crippen LogP contribution is -2.18. The molecule has 1 aromatic rings. The third kappa shape index (κ3) is 3.01. The molecule has 0 radical (unpaired) electrons. The Balaban J connectivity index is 1.97. The van der Waals surface area contributed by atoms with Gasteiger partial charge in [-0.1, -0.05) is 0 Å². The van der Waals surface area contributed by atoms with Crippen LogP contribution in [0.4, 0.5) is 0 Å². The molecule has 0 spiro atoms. The zero-order valence-corrected chi connectivity index (χ0v) is 10.6. The van der Waals surface area contributed by atoms with Gasteiger partial charge >= 0.3 is 5.97 Å². The van der Waals surface area contributed by atoms with Crippen molar-refractivity contribution in [2.75, 3.05) is 13.2 Å². The minimum atomic E-state index is -0.902. The number of aromatic carboxylic acids is 1. The number of ether oxygens (including phenoxy) is 1. The van der Waals surface area contributed by atoms with Gasteiger partial charge in [-0.05, 0) is 12.8 Å². The summed E-state index contributed by atoms with van der Waals surface area (Å²) in [7, 11) is 1.78. The van der Waals surface area contributed by atoms with Crippen LogP contribution in [0.2, 0.25) is 0 Å². The summed E-state index contributed by atoms with van der Waals surface area (Å²) in [5.74, 6) is -0.205. The number of carboxylic acid groups (broad SMARTS) is 1. The van der Waals surface area contributed by atoms with E-state index in [1.165, 1.54) is 6.20 Å². The molecule has 1 saturated heterocycles. The van der Waals surface area contributed by atoms with Crippen LogP contribution < -0.4 is 0 Å². The smallest absolute Gasteiger partial charge is 0.339 e. The van der Waals surface area contributed by atoms with Crippen molar-refractivity contribution in [1.82, 2.24) is 9.78 Å². The lowest BCUT2D eigenvalue weighted by Gasteiger charge is -2.21. The molecule has 0 aromatic carbocycles. The Kier molecular flexibility index (Phi) is 4.06. The average Bonchev–Trinajstić information content (AvgIpc) is 2.69. The van der Waals surface area contributed by atoms with Crippen molar-refractivity contribution in [1.29, 1.82) is 0 Å². The molecule has 0 atom stereocenters. The van der Waals surface area contributed by atoms with E-state index in [-0.39, 0.29) is 0 Å². The highest BCUT2D eigenvalue weighted by Gasteiger charge is 2.18. The largest absolute Gasteiger partial charge is 0.478 e. The molecule has 0 unspecified atom stereocenters. The Morgan fingerprint density at radius 3 is 3.00 bits per heavy atom. The lowest BCUT2D eigenvalue weighted by atomic mass is 10.2. The molecule has 0 aliphatic carbocycles. The van der Waals surface area contributed by atoms with Gasteiger partial charge in [0.2, 0.25) is 0 Å². The number of hydrogen-bond donors (Lipinski definition) is 1. The molecule has 5 nitrogen and oxygen atoms in total. The Labute approximate surface area is 104 Å². The number of thioether (sulfide) groups is 1. The summed E-state index contributed by atoms with van der Waals surface area (Å²) in [4.78, 5) is 11.0. The Hall–Kier alpha value is -1.01. The van der Waals surface area contributed by atoms with Gasteiger partial charge in [0.1, 0.15) is 5.56 Å². The van der Waals surface area contributed by atoms with Crippen LogP contribution >= 0.6 is 11.8 Å². The van der Waals surface area contributed by atoms with Crippen LogP contribution in [0, 0.1) is 0 Å². The fraction of sp³-hybridized carbons (Fsp3) is 0.636. The number of aromatic nitrogens is 2. The highest BCUT2D eigenvalue weighted by molar-refractivity contribution is 7.99. The maximum Gasteiger partial charge on any atom is 0.339 e. The highest BCUT2D eigenvalue weighted by Crippen LogP contribution is 2.26. The number of carbonyl (C=O) groups is 1. The first-order valence-electron chi connectivity index (χ1n) is 5.62. The van der Waals surface area contributed by atoms with E-state index in [1.54, 1.807) is 23.5 Å². The first-order chi connectivity index (χ1) is 8.18. The third-order valence-electron chi connectivity index (χ3n) is 2.92. The summed E-state index contributed by atoms with van der Waals surface area (Å²) in [5.41, 5.74) is 1.10. The summed E-state index contributed by atoms with van der Waals surface area (Å²) in [6, 6.07) is 0. The summed E-state index contributed by atoms with van der Waals surface area (Å²) >= 11 is 1.80. The molecule has 1 fully saturated rings. The second-order valence-electron chi connectivity index (χ2n) is 4.06. The molecule has 1 aromatic heterocycles. The van der Waals surface area contributed by atoms with Crippen molar-refractivity contribution in [2.45, 2.75) is 23.8 Å². The summed E-state index contributed by atoms with van der Waals surface area (Å²) in [5, 5.41) is 13.6. The molecule has 94 valence electrons. The molecule has 17 heavy (non-hydrogen) atoms. The van der Waals surface area contributed by atoms with E-state index in [1.807, 2.05) is 0 Å². The van der Waals surface area contributed by atoms with E-state index in [9.17, 15) is 4.79 Å². The van der Waals surface area contributed by atoms with E-state index in [0.717, 1.165) is 31.7 Å². The fourth-order valence-corrected chi connectivity index (χ4v) is 3.11. The molecule has 1 N–H and O–H groups in total. The Morgan fingerprint density at radius 1 is 1.65 bits per heavy atom. The van der Waals surface area contributed by atoms with Crippen molar-refractivity contribution >= 4 is 17.7 Å². The quantitative estimate of drug-likeness (QED) is 0.885. The van der Waals surface area contributed by atoms with Gasteiger partial charge in [0.25, 0.3) is 0 Å². The normalized spacial score (nSPS) is 17.2. The van der Waals surface area contributed by atoms with E-state index >= 15 is 0 Å². The molecular weight excluding hydrogens is 240 g/mol. The SMILES string of the molecule is Cn1ncc(C(=O)O)c1CSC1CCOCC1. The van der Waals surface area contributed by atoms with Crippen molar-refractivity contribution in [3.63, 3.8) is 0 Å². The predicted molar refractivity (Wildman–Crippen MR) is 65.3 cm³/mol. The molecule has 2 heterocycles. The van der Waals surface area contributed by atoms with Crippen LogP contribution in [0.1, 0.15) is 28.9 Å². The van der Waals surface area contributed by atoms with E-state index in [0.29, 0.717) is 16.6 Å². The van der Waals surface area contributed by atoms with E-state index < -0.39 is 5.97 Å². The zero-order valence-electron chi connectivity index (χ0n) is 9.76. The van der Waals surface area contributed by atoms with Gasteiger partial charge in [0, 0.05) is 31.3 Å². The average molecular weight is 256 g/mol. The van der Waals surface area contributed by atoms with Crippen LogP contribution in [0.25, 0.3) is 0 Å². The van der Waals surface area contributed by atoms with Gasteiger partial charge in [0.15, 0.2) is 0 Å². The van der Waals surface area contributed by atoms with Crippen molar-refractivity contribution < 1.29 is 14.6 Å². The molecule has 6 heteroatoms. The van der Waals surface area contributed by atoms with Gasteiger partial charge in [0.05, 0.1) is 11.9 Å². The number of carboxylic acids is 1. The predicted octanol–water partition coefficient (Wildman–Crippen LogP) is 1.53. The number of rotatable bonds is 4. The molecule has 1 aliphatic heterocycles. The molecule has 0 amide bonds. The van der Waals surface area contributed by atoms with E-state index in [2.05, 4.69) is 5.10 Å². The van der Waals surface area contributed by atoms with Crippen LogP contribution in [-0.4, -0.2) is 39.3 Å². The van der Waals surface area contributed by atoms with E-state index in [4.69, 9.17) is 9.84 Å². The van der Waals surface area contributed by atoms with Crippen LogP contribution in [0.3, 0.4) is 0 Å². The van der Waals surface area contributed by atoms with Crippen molar-refractivity contribution in [3.8, 4) is 0 Å². The Bertz CT molecular complexity index is 399. The fourth-order valence-electron chi connectivity index (χ4n) is 1.85. The molecule has 2 rings (SSSR count). The van der Waals surface area contributed by atoms with Gasteiger partial charge in [-0.25, -0.2) is 4.79 Å². The maximum atomic E-state index is 11.0. The Morgan fingerprint density at radius 2 is 2.35 bits per heavy atom. The van der Waals surface area contributed by atoms with Gasteiger partial charge < -0.3 is 9.84 Å². The second-order valence-corrected chi connectivity index (χ2v) is 5.35. The van der Waals surface area contributed by atoms with Crippen LogP contribution in [0.15, 0.2) is 6.20 Å². The van der Waals surface area contributed by atoms with Crippen LogP contribution in [0.5, 0.6) is 0 Å². The molecule has 0 bridgehead atoms. The van der Waals surface area contributed by atoms with Crippen molar-refractivity contribution in [3.05, 3.63) is 17.5 Å². The number of aryl methyl sites for hydroxylation is 1. The lowest BCUT2D eigenvalue weighted by molar-refractivity contribution is 0.0696. The number of hydrogen-bond acceptors (Lipinski definition) is 4. The standard InChI is InChI=1S/C11H16N2O3S/c1-13-10(9(6-12-13)11(14)15)7-17-8-2-4-16-5-3-8/h6,8H,2-5,7H2,1H3,(H,14,15). The monoisotopic (exact) mass is 256 g/mol. The maximum absolute atomic E-state index is 11.0. The van der Waals surface area contributed by atoms with Crippen molar-refractivity contribution in [2.24, 2.45) is 7.05 Å². The third-order valence-corrected chi connectivity index (χ3v) is 4.30. The highest BCUT2D eigenvalue weighted by atomic mass is 32.2. The molecular formula is C11H16N2O3S. The second kappa shape index (κ2) is 5.55. The summed E-state index contributed by atoms with van der Waals surface area (Å²) in [6.45, 7) is 1.63. The zero-order chi connectivity index (χ0) is 12.3. The number of nitrogens with zero attached hydrogens (tertiary/aromatic N) is 2. The topological polar surface area (TPSA) is 64.4 Å². The minimum Gasteiger partial charge on any atom is -0.478 e. The summed E-state index contributed by atoms with van der Waals surface area (Å²) in [6.07, 6.45) is 3.51. The molecule has 0 saturated carbocycles.